The van der Waals surface area contributed by atoms with Crippen LogP contribution in [0.5, 0.6) is 0 Å². The van der Waals surface area contributed by atoms with E-state index in [4.69, 9.17) is 0 Å². The van der Waals surface area contributed by atoms with Crippen molar-refractivity contribution in [1.29, 1.82) is 0 Å². The summed E-state index contributed by atoms with van der Waals surface area (Å²) in [7, 11) is 0. The lowest BCUT2D eigenvalue weighted by Crippen LogP contribution is -2.28. The fraction of sp³-hybridized carbons (Fsp3) is 0.857. The topological polar surface area (TPSA) is 15.6 Å². The molecule has 0 aliphatic carbocycles. The summed E-state index contributed by atoms with van der Waals surface area (Å²) in [6.45, 7) is 9.72. The number of nitrogens with zero attached hydrogens (tertiary/aromatic N) is 2. The molecule has 0 amide bonds. The maximum Gasteiger partial charge on any atom is 0.116 e. The van der Waals surface area contributed by atoms with Gasteiger partial charge in [-0.1, -0.05) is 20.8 Å². The Balaban J connectivity index is 3.98. The summed E-state index contributed by atoms with van der Waals surface area (Å²) in [6.07, 6.45) is 0. The molecule has 0 saturated heterocycles. The zero-order valence-corrected chi connectivity index (χ0v) is 11.7. The molecule has 0 aliphatic rings. The van der Waals surface area contributed by atoms with Crippen LogP contribution in [0.1, 0.15) is 27.7 Å². The van der Waals surface area contributed by atoms with Gasteiger partial charge in [-0.2, -0.15) is 0 Å². The number of amidine groups is 1. The Morgan fingerprint density at radius 2 is 1.91 bits per heavy atom. The van der Waals surface area contributed by atoms with Gasteiger partial charge in [0.25, 0.3) is 0 Å². The lowest BCUT2D eigenvalue weighted by atomic mass is 9.97. The predicted octanol–water partition coefficient (Wildman–Crippen LogP) is 3.45. The van der Waals surface area contributed by atoms with Crippen LogP contribution < -0.4 is 0 Å². The van der Waals surface area contributed by atoms with E-state index in [-0.39, 0.29) is 0 Å². The first-order valence-corrected chi connectivity index (χ1v) is 5.38. The van der Waals surface area contributed by atoms with Gasteiger partial charge in [-0.05, 0) is 12.3 Å². The molecule has 0 aromatic rings. The molecule has 0 rings (SSSR count). The molecule has 0 saturated carbocycles. The predicted molar refractivity (Wildman–Crippen MR) is 67.3 cm³/mol. The summed E-state index contributed by atoms with van der Waals surface area (Å²) in [4.78, 5) is 0. The molecule has 0 bridgehead atoms. The van der Waals surface area contributed by atoms with Gasteiger partial charge >= 0.3 is 0 Å². The third-order valence-electron chi connectivity index (χ3n) is 1.09. The Labute approximate surface area is 96.8 Å². The molecule has 0 heterocycles. The molecule has 0 spiro atoms. The van der Waals surface area contributed by atoms with Crippen LogP contribution in [0.3, 0.4) is 0 Å². The molecule has 0 aromatic carbocycles. The Morgan fingerprint density at radius 3 is 2.18 bits per heavy atom. The maximum absolute atomic E-state index is 4.08. The van der Waals surface area contributed by atoms with Gasteiger partial charge in [-0.15, -0.1) is 0 Å². The van der Waals surface area contributed by atoms with Crippen LogP contribution in [0.2, 0.25) is 0 Å². The first-order chi connectivity index (χ1) is 4.87. The third-order valence-corrected chi connectivity index (χ3v) is 2.82. The summed E-state index contributed by atoms with van der Waals surface area (Å²) in [5.41, 5.74) is 0.337. The molecule has 0 unspecified atom stereocenters. The van der Waals surface area contributed by atoms with Crippen molar-refractivity contribution in [2.45, 2.75) is 27.7 Å². The smallest absolute Gasteiger partial charge is 0.116 e. The zero-order chi connectivity index (χ0) is 9.07. The molecule has 0 N–H and O–H groups in total. The van der Waals surface area contributed by atoms with Gasteiger partial charge < -0.3 is 3.11 Å². The van der Waals surface area contributed by atoms with Crippen LogP contribution in [0.15, 0.2) is 3.21 Å². The van der Waals surface area contributed by atoms with E-state index < -0.39 is 0 Å². The normalized spacial score (nSPS) is 13.5. The minimum absolute atomic E-state index is 0.337. The van der Waals surface area contributed by atoms with Crippen LogP contribution in [0.4, 0.5) is 0 Å². The van der Waals surface area contributed by atoms with E-state index in [2.05, 4.69) is 50.0 Å². The highest BCUT2D eigenvalue weighted by Gasteiger charge is 2.14. The van der Waals surface area contributed by atoms with E-state index in [1.54, 1.807) is 0 Å². The number of hydrogen-bond acceptors (Lipinski definition) is 1. The third kappa shape index (κ3) is 6.12. The van der Waals surface area contributed by atoms with Crippen molar-refractivity contribution in [2.24, 2.45) is 8.62 Å². The van der Waals surface area contributed by atoms with E-state index in [0.29, 0.717) is 5.41 Å². The van der Waals surface area contributed by atoms with E-state index >= 15 is 0 Å². The van der Waals surface area contributed by atoms with Gasteiger partial charge in [-0.3, -0.25) is 0 Å². The summed E-state index contributed by atoms with van der Waals surface area (Å²) >= 11 is 4.31. The summed E-state index contributed by atoms with van der Waals surface area (Å²) < 4.78 is 6.22. The molecule has 0 radical (unpaired) electrons. The summed E-state index contributed by atoms with van der Waals surface area (Å²) in [5, 5.41) is 0. The second-order valence-corrected chi connectivity index (χ2v) is 5.36. The van der Waals surface area contributed by atoms with E-state index in [0.717, 1.165) is 12.4 Å². The van der Waals surface area contributed by atoms with E-state index in [1.807, 2.05) is 29.8 Å². The van der Waals surface area contributed by atoms with Crippen molar-refractivity contribution in [2.75, 3.05) is 6.54 Å². The highest BCUT2D eigenvalue weighted by atomic mass is 127. The minimum Gasteiger partial charge on any atom is -0.302 e. The highest BCUT2D eigenvalue weighted by molar-refractivity contribution is 14.1. The average Bonchev–Trinajstić information content (AvgIpc) is 1.82. The minimum atomic E-state index is 0.337. The lowest BCUT2D eigenvalue weighted by Gasteiger charge is -2.25. The summed E-state index contributed by atoms with van der Waals surface area (Å²) in [5.74, 6) is 1.07. The standard InChI is InChI=1S/C7H14I2N2/c1-6(10-8)11(9)5-7(2,3)4/h5H2,1-4H3/b10-6-. The molecule has 66 valence electrons. The van der Waals surface area contributed by atoms with Gasteiger partial charge in [0.1, 0.15) is 5.84 Å². The Kier molecular flexibility index (Phi) is 5.24. The van der Waals surface area contributed by atoms with Crippen molar-refractivity contribution in [3.8, 4) is 0 Å². The van der Waals surface area contributed by atoms with Crippen molar-refractivity contribution in [1.82, 2.24) is 3.11 Å². The summed E-state index contributed by atoms with van der Waals surface area (Å²) in [6, 6.07) is 0. The number of hydrogen-bond donors (Lipinski definition) is 0. The molecular formula is C7H14I2N2. The SMILES string of the molecule is C/C(=N/I)N(I)CC(C)(C)C. The van der Waals surface area contributed by atoms with Crippen LogP contribution in [0, 0.1) is 5.41 Å². The van der Waals surface area contributed by atoms with Gasteiger partial charge in [0, 0.05) is 6.54 Å². The number of rotatable bonds is 1. The molecular weight excluding hydrogens is 366 g/mol. The van der Waals surface area contributed by atoms with Crippen molar-refractivity contribution < 1.29 is 0 Å². The Bertz CT molecular complexity index is 149. The van der Waals surface area contributed by atoms with Crippen LogP contribution in [0.25, 0.3) is 0 Å². The molecule has 0 aliphatic heterocycles. The monoisotopic (exact) mass is 380 g/mol. The van der Waals surface area contributed by atoms with Gasteiger partial charge in [0.15, 0.2) is 0 Å². The van der Waals surface area contributed by atoms with Crippen molar-refractivity contribution in [3.63, 3.8) is 0 Å². The molecule has 11 heavy (non-hydrogen) atoms. The Hall–Kier alpha value is 0.930. The zero-order valence-electron chi connectivity index (χ0n) is 7.36. The van der Waals surface area contributed by atoms with Crippen LogP contribution in [-0.4, -0.2) is 15.5 Å². The average molecular weight is 380 g/mol. The van der Waals surface area contributed by atoms with Crippen LogP contribution >= 0.6 is 45.7 Å². The van der Waals surface area contributed by atoms with E-state index in [1.165, 1.54) is 0 Å². The second-order valence-electron chi connectivity index (χ2n) is 3.71. The maximum atomic E-state index is 4.08. The molecule has 0 atom stereocenters. The first kappa shape index (κ1) is 11.9. The van der Waals surface area contributed by atoms with E-state index in [9.17, 15) is 0 Å². The van der Waals surface area contributed by atoms with Crippen molar-refractivity contribution in [3.05, 3.63) is 0 Å². The molecule has 4 heteroatoms. The Morgan fingerprint density at radius 1 is 1.45 bits per heavy atom. The van der Waals surface area contributed by atoms with Crippen molar-refractivity contribution >= 4 is 51.6 Å². The highest BCUT2D eigenvalue weighted by Crippen LogP contribution is 2.18. The van der Waals surface area contributed by atoms with Crippen LogP contribution in [-0.2, 0) is 0 Å². The quantitative estimate of drug-likeness (QED) is 0.295. The lowest BCUT2D eigenvalue weighted by molar-refractivity contribution is 0.368. The first-order valence-electron chi connectivity index (χ1n) is 3.46. The molecule has 0 fully saturated rings. The largest absolute Gasteiger partial charge is 0.302 e. The molecule has 0 aromatic heterocycles. The second kappa shape index (κ2) is 4.84. The van der Waals surface area contributed by atoms with Gasteiger partial charge in [0.2, 0.25) is 0 Å². The fourth-order valence-electron chi connectivity index (χ4n) is 0.572. The van der Waals surface area contributed by atoms with Gasteiger partial charge in [-0.25, -0.2) is 3.21 Å². The molecule has 2 nitrogen and oxygen atoms in total. The number of halogens is 2. The fourth-order valence-corrected chi connectivity index (χ4v) is 2.38. The van der Waals surface area contributed by atoms with Gasteiger partial charge in [0.05, 0.1) is 45.7 Å².